The maximum atomic E-state index is 11.6. The Kier molecular flexibility index (Phi) is 10.2. The van der Waals surface area contributed by atoms with E-state index < -0.39 is 0 Å². The lowest BCUT2D eigenvalue weighted by molar-refractivity contribution is -0.933. The lowest BCUT2D eigenvalue weighted by Gasteiger charge is -2.60. The number of nitrogens with zero attached hydrogens (tertiary/aromatic N) is 1. The van der Waals surface area contributed by atoms with Gasteiger partial charge in [0.2, 0.25) is 0 Å². The molecule has 0 aromatic heterocycles. The van der Waals surface area contributed by atoms with Gasteiger partial charge in [0.25, 0.3) is 6.47 Å². The number of ether oxygens (including phenoxy) is 1. The second kappa shape index (κ2) is 13.1. The molecule has 0 N–H and O–H groups in total. The van der Waals surface area contributed by atoms with Crippen LogP contribution in [0.5, 0.6) is 0 Å². The largest absolute Gasteiger partial charge is 0.461 e. The molecule has 3 heteroatoms. The van der Waals surface area contributed by atoms with Crippen LogP contribution in [0.2, 0.25) is 0 Å². The maximum Gasteiger partial charge on any atom is 0.293 e. The minimum Gasteiger partial charge on any atom is -0.461 e. The molecule has 4 aliphatic carbocycles. The molecule has 5 rings (SSSR count). The number of carbonyl (C=O) groups is 1. The molecule has 196 valence electrons. The molecule has 4 bridgehead atoms. The maximum absolute atomic E-state index is 11.6. The van der Waals surface area contributed by atoms with Crippen LogP contribution in [0.4, 0.5) is 0 Å². The monoisotopic (exact) mass is 474 g/mol. The molecule has 0 unspecified atom stereocenters. The third-order valence-corrected chi connectivity index (χ3v) is 10.7. The highest BCUT2D eigenvalue weighted by molar-refractivity contribution is 5.39. The van der Waals surface area contributed by atoms with E-state index >= 15 is 0 Å². The highest BCUT2D eigenvalue weighted by Crippen LogP contribution is 2.60. The first kappa shape index (κ1) is 26.5. The average Bonchev–Trinajstić information content (AvgIpc) is 2.84. The van der Waals surface area contributed by atoms with Crippen molar-refractivity contribution in [2.24, 2.45) is 23.7 Å². The van der Waals surface area contributed by atoms with E-state index in [0.29, 0.717) is 11.8 Å². The Hall–Kier alpha value is -0.570. The first-order chi connectivity index (χ1) is 16.7. The fraction of sp³-hybridized carbons (Fsp3) is 0.968. The summed E-state index contributed by atoms with van der Waals surface area (Å²) in [5.74, 6) is 3.18. The van der Waals surface area contributed by atoms with Crippen molar-refractivity contribution < 1.29 is 14.0 Å². The van der Waals surface area contributed by atoms with Crippen molar-refractivity contribution in [3.8, 4) is 0 Å². The molecule has 0 atom stereocenters. The van der Waals surface area contributed by atoms with Crippen molar-refractivity contribution >= 4 is 6.47 Å². The molecule has 34 heavy (non-hydrogen) atoms. The van der Waals surface area contributed by atoms with Gasteiger partial charge >= 0.3 is 0 Å². The lowest BCUT2D eigenvalue weighted by atomic mass is 9.49. The molecule has 1 aliphatic heterocycles. The van der Waals surface area contributed by atoms with Gasteiger partial charge in [-0.3, -0.25) is 4.79 Å². The standard InChI is InChI=1S/C31H56NO2/c1-2-3-4-5-6-7-8-9-10-12-17-32(18-13-11-14-19-32)20-15-16-31(34-26-33)29-22-27-21-28(24-29)25-30(31)23-27/h26-30H,2-25H2,1H3/q+1. The molecule has 0 amide bonds. The summed E-state index contributed by atoms with van der Waals surface area (Å²) >= 11 is 0. The Bertz CT molecular complexity index is 568. The van der Waals surface area contributed by atoms with Gasteiger partial charge in [-0.2, -0.15) is 0 Å². The minimum absolute atomic E-state index is 0.105. The van der Waals surface area contributed by atoms with Gasteiger partial charge in [0.05, 0.1) is 26.2 Å². The third kappa shape index (κ3) is 6.60. The van der Waals surface area contributed by atoms with Gasteiger partial charge in [-0.1, -0.05) is 58.3 Å². The van der Waals surface area contributed by atoms with Crippen molar-refractivity contribution in [3.63, 3.8) is 0 Å². The number of rotatable bonds is 17. The van der Waals surface area contributed by atoms with Crippen LogP contribution in [0.1, 0.15) is 135 Å². The number of quaternary nitrogens is 1. The Labute approximate surface area is 211 Å². The van der Waals surface area contributed by atoms with Gasteiger partial charge in [0.1, 0.15) is 5.60 Å². The Morgan fingerprint density at radius 2 is 1.24 bits per heavy atom. The second-order valence-corrected chi connectivity index (χ2v) is 13.1. The van der Waals surface area contributed by atoms with Gasteiger partial charge in [-0.25, -0.2) is 0 Å². The number of carbonyl (C=O) groups excluding carboxylic acids is 1. The van der Waals surface area contributed by atoms with E-state index in [9.17, 15) is 4.79 Å². The third-order valence-electron chi connectivity index (χ3n) is 10.7. The topological polar surface area (TPSA) is 26.3 Å². The number of unbranched alkanes of at least 4 members (excludes halogenated alkanes) is 9. The van der Waals surface area contributed by atoms with E-state index in [1.54, 1.807) is 0 Å². The van der Waals surface area contributed by atoms with Crippen molar-refractivity contribution in [1.82, 2.24) is 0 Å². The second-order valence-electron chi connectivity index (χ2n) is 13.1. The van der Waals surface area contributed by atoms with Crippen LogP contribution in [-0.4, -0.2) is 42.7 Å². The van der Waals surface area contributed by atoms with Crippen LogP contribution < -0.4 is 0 Å². The van der Waals surface area contributed by atoms with Crippen LogP contribution in [0.15, 0.2) is 0 Å². The number of likely N-dealkylation sites (tertiary alicyclic amines) is 1. The molecule has 5 aliphatic rings. The van der Waals surface area contributed by atoms with E-state index in [1.165, 1.54) is 153 Å². The summed E-state index contributed by atoms with van der Waals surface area (Å²) < 4.78 is 7.48. The Morgan fingerprint density at radius 3 is 1.79 bits per heavy atom. The molecular weight excluding hydrogens is 418 g/mol. The molecule has 0 spiro atoms. The predicted octanol–water partition coefficient (Wildman–Crippen LogP) is 8.06. The van der Waals surface area contributed by atoms with Crippen molar-refractivity contribution in [1.29, 1.82) is 0 Å². The van der Waals surface area contributed by atoms with Gasteiger partial charge in [0.15, 0.2) is 0 Å². The summed E-state index contributed by atoms with van der Waals surface area (Å²) in [5, 5.41) is 0. The summed E-state index contributed by atoms with van der Waals surface area (Å²) in [5.41, 5.74) is -0.105. The molecule has 0 aromatic rings. The molecule has 0 radical (unpaired) electrons. The van der Waals surface area contributed by atoms with Crippen molar-refractivity contribution in [2.45, 2.75) is 141 Å². The fourth-order valence-electron chi connectivity index (χ4n) is 9.10. The SMILES string of the molecule is CCCCCCCCCCCC[N+]1(CCCC2(OC=O)C3CC4CC(C3)CC2C4)CCCCC1. The first-order valence-electron chi connectivity index (χ1n) is 15.7. The number of piperidine rings is 1. The summed E-state index contributed by atoms with van der Waals surface area (Å²) in [6.45, 7) is 8.64. The molecule has 1 saturated heterocycles. The zero-order valence-electron chi connectivity index (χ0n) is 22.6. The van der Waals surface area contributed by atoms with Gasteiger partial charge in [-0.15, -0.1) is 0 Å². The summed E-state index contributed by atoms with van der Waals surface area (Å²) in [6, 6.07) is 0. The van der Waals surface area contributed by atoms with Crippen molar-refractivity contribution in [3.05, 3.63) is 0 Å². The average molecular weight is 475 g/mol. The lowest BCUT2D eigenvalue weighted by Crippen LogP contribution is -2.59. The number of hydrogen-bond donors (Lipinski definition) is 0. The van der Waals surface area contributed by atoms with E-state index in [-0.39, 0.29) is 5.60 Å². The predicted molar refractivity (Wildman–Crippen MR) is 142 cm³/mol. The molecule has 5 fully saturated rings. The van der Waals surface area contributed by atoms with E-state index in [1.807, 2.05) is 0 Å². The Morgan fingerprint density at radius 1 is 0.706 bits per heavy atom. The molecule has 3 nitrogen and oxygen atoms in total. The zero-order valence-corrected chi connectivity index (χ0v) is 22.6. The van der Waals surface area contributed by atoms with Crippen LogP contribution in [0.3, 0.4) is 0 Å². The number of hydrogen-bond acceptors (Lipinski definition) is 2. The molecule has 0 aromatic carbocycles. The molecule has 1 heterocycles. The van der Waals surface area contributed by atoms with E-state index in [4.69, 9.17) is 4.74 Å². The van der Waals surface area contributed by atoms with Crippen LogP contribution >= 0.6 is 0 Å². The van der Waals surface area contributed by atoms with Gasteiger partial charge < -0.3 is 9.22 Å². The van der Waals surface area contributed by atoms with E-state index in [2.05, 4.69) is 6.92 Å². The highest BCUT2D eigenvalue weighted by atomic mass is 16.5. The van der Waals surface area contributed by atoms with Crippen LogP contribution in [-0.2, 0) is 9.53 Å². The minimum atomic E-state index is -0.105. The van der Waals surface area contributed by atoms with Crippen LogP contribution in [0, 0.1) is 23.7 Å². The smallest absolute Gasteiger partial charge is 0.293 e. The summed E-state index contributed by atoms with van der Waals surface area (Å²) in [7, 11) is 0. The van der Waals surface area contributed by atoms with E-state index in [0.717, 1.165) is 24.7 Å². The molecular formula is C31H56NO2+. The normalized spacial score (nSPS) is 33.8. The Balaban J connectivity index is 1.20. The zero-order chi connectivity index (χ0) is 23.7. The quantitative estimate of drug-likeness (QED) is 0.121. The first-order valence-corrected chi connectivity index (χ1v) is 15.7. The highest BCUT2D eigenvalue weighted by Gasteiger charge is 2.58. The summed E-state index contributed by atoms with van der Waals surface area (Å²) in [4.78, 5) is 11.6. The van der Waals surface area contributed by atoms with Gasteiger partial charge in [0, 0.05) is 6.42 Å². The fourth-order valence-corrected chi connectivity index (χ4v) is 9.10. The summed E-state index contributed by atoms with van der Waals surface area (Å²) in [6.07, 6.45) is 27.8. The van der Waals surface area contributed by atoms with Crippen LogP contribution in [0.25, 0.3) is 0 Å². The molecule has 4 saturated carbocycles. The van der Waals surface area contributed by atoms with Crippen molar-refractivity contribution in [2.75, 3.05) is 26.2 Å². The van der Waals surface area contributed by atoms with Gasteiger partial charge in [-0.05, 0) is 94.3 Å².